The Balaban J connectivity index is 1.74. The number of nitrogens with one attached hydrogen (secondary N) is 3. The van der Waals surface area contributed by atoms with Crippen LogP contribution < -0.4 is 10.6 Å². The molecular weight excluding hydrogens is 260 g/mol. The number of aliphatic carboxylic acids is 1. The van der Waals surface area contributed by atoms with Gasteiger partial charge in [-0.1, -0.05) is 0 Å². The molecule has 0 spiro atoms. The fourth-order valence-electron chi connectivity index (χ4n) is 2.49. The van der Waals surface area contributed by atoms with Crippen molar-refractivity contribution in [2.45, 2.75) is 44.7 Å². The third-order valence-corrected chi connectivity index (χ3v) is 3.69. The van der Waals surface area contributed by atoms with Gasteiger partial charge < -0.3 is 20.7 Å². The minimum absolute atomic E-state index is 0.0504. The highest BCUT2D eigenvalue weighted by Crippen LogP contribution is 2.24. The smallest absolute Gasteiger partial charge is 0.315 e. The number of amides is 2. The van der Waals surface area contributed by atoms with E-state index in [2.05, 4.69) is 20.6 Å². The summed E-state index contributed by atoms with van der Waals surface area (Å²) < 4.78 is 0. The third-order valence-electron chi connectivity index (χ3n) is 3.69. The van der Waals surface area contributed by atoms with Crippen LogP contribution >= 0.6 is 0 Å². The molecule has 1 aliphatic rings. The zero-order valence-corrected chi connectivity index (χ0v) is 11.4. The van der Waals surface area contributed by atoms with Crippen molar-refractivity contribution in [3.63, 3.8) is 0 Å². The van der Waals surface area contributed by atoms with Gasteiger partial charge in [-0.3, -0.25) is 4.79 Å². The molecule has 0 radical (unpaired) electrons. The van der Waals surface area contributed by atoms with Crippen LogP contribution in [0, 0.1) is 5.92 Å². The lowest BCUT2D eigenvalue weighted by Gasteiger charge is -2.27. The van der Waals surface area contributed by atoms with Gasteiger partial charge >= 0.3 is 12.0 Å². The molecule has 7 nitrogen and oxygen atoms in total. The number of rotatable bonds is 4. The van der Waals surface area contributed by atoms with Crippen LogP contribution in [0.4, 0.5) is 4.79 Å². The fourth-order valence-corrected chi connectivity index (χ4v) is 2.49. The Kier molecular flexibility index (Phi) is 4.60. The molecule has 4 N–H and O–H groups in total. The van der Waals surface area contributed by atoms with E-state index in [1.807, 2.05) is 6.92 Å². The van der Waals surface area contributed by atoms with Gasteiger partial charge in [-0.05, 0) is 32.6 Å². The Morgan fingerprint density at radius 2 is 2.10 bits per heavy atom. The van der Waals surface area contributed by atoms with E-state index in [0.29, 0.717) is 31.5 Å². The maximum Gasteiger partial charge on any atom is 0.315 e. The largest absolute Gasteiger partial charge is 0.481 e. The molecular formula is C13H20N4O3. The summed E-state index contributed by atoms with van der Waals surface area (Å²) in [5.41, 5.74) is 0. The first kappa shape index (κ1) is 14.4. The lowest BCUT2D eigenvalue weighted by molar-refractivity contribution is -0.142. The van der Waals surface area contributed by atoms with Gasteiger partial charge in [-0.25, -0.2) is 9.78 Å². The molecule has 110 valence electrons. The molecule has 1 aliphatic carbocycles. The normalized spacial score (nSPS) is 23.9. The van der Waals surface area contributed by atoms with Gasteiger partial charge in [0.1, 0.15) is 5.82 Å². The van der Waals surface area contributed by atoms with E-state index in [-0.39, 0.29) is 24.0 Å². The van der Waals surface area contributed by atoms with Gasteiger partial charge in [-0.15, -0.1) is 0 Å². The van der Waals surface area contributed by atoms with Gasteiger partial charge in [0.05, 0.1) is 12.0 Å². The van der Waals surface area contributed by atoms with Crippen LogP contribution in [0.15, 0.2) is 12.4 Å². The highest BCUT2D eigenvalue weighted by Gasteiger charge is 2.26. The van der Waals surface area contributed by atoms with Crippen LogP contribution in [0.5, 0.6) is 0 Å². The van der Waals surface area contributed by atoms with Crippen molar-refractivity contribution in [1.82, 2.24) is 20.6 Å². The van der Waals surface area contributed by atoms with Crippen LogP contribution in [0.3, 0.4) is 0 Å². The number of carboxylic acid groups (broad SMARTS) is 1. The summed E-state index contributed by atoms with van der Waals surface area (Å²) in [4.78, 5) is 29.7. The van der Waals surface area contributed by atoms with E-state index in [4.69, 9.17) is 5.11 Å². The summed E-state index contributed by atoms with van der Waals surface area (Å²) >= 11 is 0. The Morgan fingerprint density at radius 1 is 1.40 bits per heavy atom. The standard InChI is InChI=1S/C13H20N4O3/c1-8(11-14-6-7-15-11)16-13(20)17-10-4-2-9(3-5-10)12(18)19/h6-10H,2-5H2,1H3,(H,14,15)(H,18,19)(H2,16,17,20). The number of hydrogen-bond donors (Lipinski definition) is 4. The number of urea groups is 1. The molecule has 20 heavy (non-hydrogen) atoms. The second-order valence-electron chi connectivity index (χ2n) is 5.20. The van der Waals surface area contributed by atoms with Crippen molar-refractivity contribution in [1.29, 1.82) is 0 Å². The highest BCUT2D eigenvalue weighted by atomic mass is 16.4. The molecule has 2 rings (SSSR count). The maximum atomic E-state index is 11.9. The van der Waals surface area contributed by atoms with E-state index < -0.39 is 5.97 Å². The first-order valence-electron chi connectivity index (χ1n) is 6.85. The van der Waals surface area contributed by atoms with Crippen molar-refractivity contribution in [3.05, 3.63) is 18.2 Å². The molecule has 1 saturated carbocycles. The van der Waals surface area contributed by atoms with Gasteiger partial charge in [0.25, 0.3) is 0 Å². The zero-order valence-electron chi connectivity index (χ0n) is 11.4. The number of carbonyl (C=O) groups excluding carboxylic acids is 1. The molecule has 1 fully saturated rings. The molecule has 1 unspecified atom stereocenters. The van der Waals surface area contributed by atoms with Crippen LogP contribution in [0.25, 0.3) is 0 Å². The zero-order chi connectivity index (χ0) is 14.5. The summed E-state index contributed by atoms with van der Waals surface area (Å²) in [6.45, 7) is 1.85. The molecule has 0 saturated heterocycles. The van der Waals surface area contributed by atoms with E-state index in [1.165, 1.54) is 0 Å². The number of aromatic nitrogens is 2. The van der Waals surface area contributed by atoms with Crippen molar-refractivity contribution in [3.8, 4) is 0 Å². The van der Waals surface area contributed by atoms with Crippen LogP contribution in [-0.2, 0) is 4.79 Å². The average molecular weight is 280 g/mol. The number of H-pyrrole nitrogens is 1. The number of imidazole rings is 1. The Hall–Kier alpha value is -2.05. The highest BCUT2D eigenvalue weighted by molar-refractivity contribution is 5.74. The summed E-state index contributed by atoms with van der Waals surface area (Å²) in [5.74, 6) is -0.299. The predicted molar refractivity (Wildman–Crippen MR) is 72.1 cm³/mol. The Labute approximate surface area is 117 Å². The molecule has 0 aliphatic heterocycles. The maximum absolute atomic E-state index is 11.9. The topological polar surface area (TPSA) is 107 Å². The molecule has 1 heterocycles. The molecule has 2 amide bonds. The SMILES string of the molecule is CC(NC(=O)NC1CCC(C(=O)O)CC1)c1ncc[nH]1. The van der Waals surface area contributed by atoms with E-state index in [9.17, 15) is 9.59 Å². The summed E-state index contributed by atoms with van der Waals surface area (Å²) in [6.07, 6.45) is 6.00. The quantitative estimate of drug-likeness (QED) is 0.669. The first-order valence-corrected chi connectivity index (χ1v) is 6.85. The van der Waals surface area contributed by atoms with Gasteiger partial charge in [0, 0.05) is 18.4 Å². The van der Waals surface area contributed by atoms with Crippen molar-refractivity contribution in [2.24, 2.45) is 5.92 Å². The van der Waals surface area contributed by atoms with Crippen LogP contribution in [0.1, 0.15) is 44.5 Å². The number of carbonyl (C=O) groups is 2. The fraction of sp³-hybridized carbons (Fsp3) is 0.615. The van der Waals surface area contributed by atoms with Gasteiger partial charge in [0.15, 0.2) is 0 Å². The van der Waals surface area contributed by atoms with Crippen molar-refractivity contribution < 1.29 is 14.7 Å². The Morgan fingerprint density at radius 3 is 2.65 bits per heavy atom. The van der Waals surface area contributed by atoms with Crippen molar-refractivity contribution >= 4 is 12.0 Å². The van der Waals surface area contributed by atoms with Crippen molar-refractivity contribution in [2.75, 3.05) is 0 Å². The lowest BCUT2D eigenvalue weighted by Crippen LogP contribution is -2.45. The second-order valence-corrected chi connectivity index (χ2v) is 5.20. The van der Waals surface area contributed by atoms with E-state index >= 15 is 0 Å². The summed E-state index contributed by atoms with van der Waals surface area (Å²) in [5, 5.41) is 14.6. The number of carboxylic acids is 1. The average Bonchev–Trinajstić information content (AvgIpc) is 2.93. The second kappa shape index (κ2) is 6.40. The van der Waals surface area contributed by atoms with E-state index in [0.717, 1.165) is 0 Å². The predicted octanol–water partition coefficient (Wildman–Crippen LogP) is 1.41. The number of aromatic amines is 1. The van der Waals surface area contributed by atoms with Gasteiger partial charge in [0.2, 0.25) is 0 Å². The number of nitrogens with zero attached hydrogens (tertiary/aromatic N) is 1. The first-order chi connectivity index (χ1) is 9.56. The molecule has 1 atom stereocenters. The molecule has 0 bridgehead atoms. The molecule has 7 heteroatoms. The minimum atomic E-state index is -0.737. The summed E-state index contributed by atoms with van der Waals surface area (Å²) in [7, 11) is 0. The van der Waals surface area contributed by atoms with Gasteiger partial charge in [-0.2, -0.15) is 0 Å². The lowest BCUT2D eigenvalue weighted by atomic mass is 9.86. The molecule has 1 aromatic rings. The Bertz CT molecular complexity index is 452. The molecule has 1 aromatic heterocycles. The third kappa shape index (κ3) is 3.72. The van der Waals surface area contributed by atoms with Crippen LogP contribution in [-0.4, -0.2) is 33.1 Å². The monoisotopic (exact) mass is 280 g/mol. The van der Waals surface area contributed by atoms with E-state index in [1.54, 1.807) is 12.4 Å². The summed E-state index contributed by atoms with van der Waals surface area (Å²) in [6, 6.07) is -0.387. The minimum Gasteiger partial charge on any atom is -0.481 e. The number of hydrogen-bond acceptors (Lipinski definition) is 3. The molecule has 0 aromatic carbocycles. The van der Waals surface area contributed by atoms with Crippen LogP contribution in [0.2, 0.25) is 0 Å².